The molecule has 0 saturated carbocycles. The molecule has 5 heteroatoms. The third-order valence-electron chi connectivity index (χ3n) is 13.3. The van der Waals surface area contributed by atoms with Crippen molar-refractivity contribution in [2.24, 2.45) is 0 Å². The normalized spacial score (nSPS) is 11.9. The molecule has 0 amide bonds. The van der Waals surface area contributed by atoms with E-state index in [1.165, 1.54) is 84.9 Å². The maximum absolute atomic E-state index is 6.34. The predicted molar refractivity (Wildman–Crippen MR) is 285 cm³/mol. The topological polar surface area (TPSA) is 38.9 Å². The summed E-state index contributed by atoms with van der Waals surface area (Å²) in [6.45, 7) is 0. The van der Waals surface area contributed by atoms with E-state index in [9.17, 15) is 0 Å². The van der Waals surface area contributed by atoms with E-state index in [0.29, 0.717) is 5.71 Å². The van der Waals surface area contributed by atoms with Crippen LogP contribution in [-0.4, -0.2) is 9.97 Å². The summed E-state index contributed by atoms with van der Waals surface area (Å²) in [5.74, 6) is 0. The molecule has 10 aromatic carbocycles. The molecule has 0 saturated heterocycles. The number of hydrogen-bond donors (Lipinski definition) is 0. The number of rotatable bonds is 6. The Kier molecular flexibility index (Phi) is 8.63. The molecule has 0 atom stereocenters. The quantitative estimate of drug-likeness (QED) is 0.167. The van der Waals surface area contributed by atoms with Gasteiger partial charge in [0.1, 0.15) is 11.1 Å². The van der Waals surface area contributed by atoms with Gasteiger partial charge in [-0.05, 0) is 127 Å². The maximum atomic E-state index is 6.34. The Labute approximate surface area is 393 Å². The molecule has 312 valence electrons. The lowest BCUT2D eigenvalue weighted by molar-refractivity contribution is 0.655. The molecule has 14 aromatic rings. The number of furan rings is 1. The van der Waals surface area contributed by atoms with E-state index in [2.05, 4.69) is 212 Å². The second-order valence-electron chi connectivity index (χ2n) is 17.3. The van der Waals surface area contributed by atoms with Crippen molar-refractivity contribution < 1.29 is 4.42 Å². The second-order valence-corrected chi connectivity index (χ2v) is 19.4. The Morgan fingerprint density at radius 2 is 0.731 bits per heavy atom. The highest BCUT2D eigenvalue weighted by Crippen LogP contribution is 2.43. The van der Waals surface area contributed by atoms with Gasteiger partial charge in [-0.2, -0.15) is 0 Å². The summed E-state index contributed by atoms with van der Waals surface area (Å²) in [4.78, 5) is 10.2. The molecule has 4 heterocycles. The zero-order valence-corrected chi connectivity index (χ0v) is 37.5. The van der Waals surface area contributed by atoms with E-state index in [0.717, 1.165) is 49.8 Å². The van der Waals surface area contributed by atoms with Gasteiger partial charge in [-0.1, -0.05) is 158 Å². The second kappa shape index (κ2) is 15.2. The van der Waals surface area contributed by atoms with Crippen molar-refractivity contribution in [2.75, 3.05) is 0 Å². The molecule has 14 rings (SSSR count). The van der Waals surface area contributed by atoms with Crippen molar-refractivity contribution in [3.8, 4) is 66.8 Å². The van der Waals surface area contributed by atoms with Gasteiger partial charge in [-0.15, -0.1) is 22.7 Å². The minimum atomic E-state index is 0.542. The summed E-state index contributed by atoms with van der Waals surface area (Å²) < 4.78 is 11.6. The lowest BCUT2D eigenvalue weighted by Gasteiger charge is -2.10. The molecule has 67 heavy (non-hydrogen) atoms. The molecule has 0 radical (unpaired) electrons. The van der Waals surface area contributed by atoms with E-state index < -0.39 is 0 Å². The van der Waals surface area contributed by atoms with Crippen molar-refractivity contribution in [1.29, 1.82) is 0 Å². The Bertz CT molecular complexity index is 4300. The highest BCUT2D eigenvalue weighted by molar-refractivity contribution is 7.26. The minimum Gasteiger partial charge on any atom is -0.436 e. The summed E-state index contributed by atoms with van der Waals surface area (Å²) in [7, 11) is 0. The largest absolute Gasteiger partial charge is 0.436 e. The Morgan fingerprint density at radius 1 is 0.299 bits per heavy atom. The van der Waals surface area contributed by atoms with Crippen LogP contribution in [0.25, 0.3) is 140 Å². The van der Waals surface area contributed by atoms with Crippen molar-refractivity contribution >= 4 is 96.3 Å². The number of benzene rings is 10. The fraction of sp³-hybridized carbons (Fsp3) is 0. The number of hydrogen-bond acceptors (Lipinski definition) is 5. The molecule has 0 aliphatic rings. The molecule has 0 N–H and O–H groups in total. The van der Waals surface area contributed by atoms with Crippen molar-refractivity contribution in [3.05, 3.63) is 218 Å². The van der Waals surface area contributed by atoms with Crippen LogP contribution in [0.2, 0.25) is 0 Å². The smallest absolute Gasteiger partial charge is 0.246 e. The Balaban J connectivity index is 0.788. The molecule has 0 unspecified atom stereocenters. The van der Waals surface area contributed by atoms with E-state index >= 15 is 0 Å². The fourth-order valence-corrected chi connectivity index (χ4v) is 12.5. The predicted octanol–water partition coefficient (Wildman–Crippen LogP) is 18.3. The van der Waals surface area contributed by atoms with Crippen LogP contribution in [0, 0.1) is 0 Å². The molecular weight excluding hydrogens is 853 g/mol. The van der Waals surface area contributed by atoms with E-state index in [4.69, 9.17) is 14.4 Å². The summed E-state index contributed by atoms with van der Waals surface area (Å²) in [5.41, 5.74) is 17.8. The number of aromatic nitrogens is 2. The van der Waals surface area contributed by atoms with Crippen LogP contribution >= 0.6 is 22.7 Å². The first-order chi connectivity index (χ1) is 33.1. The lowest BCUT2D eigenvalue weighted by atomic mass is 9.95. The number of thiophene rings is 2. The van der Waals surface area contributed by atoms with Gasteiger partial charge in [0, 0.05) is 45.7 Å². The average molecular weight is 889 g/mol. The first kappa shape index (κ1) is 38.1. The molecular formula is C62H36N2OS2. The van der Waals surface area contributed by atoms with E-state index in [1.807, 2.05) is 28.7 Å². The van der Waals surface area contributed by atoms with E-state index in [-0.39, 0.29) is 0 Å². The van der Waals surface area contributed by atoms with Crippen molar-refractivity contribution in [1.82, 2.24) is 9.97 Å². The third kappa shape index (κ3) is 6.39. The Hall–Kier alpha value is -8.22. The first-order valence-electron chi connectivity index (χ1n) is 22.5. The molecule has 3 nitrogen and oxygen atoms in total. The van der Waals surface area contributed by atoms with Gasteiger partial charge in [0.2, 0.25) is 5.71 Å². The van der Waals surface area contributed by atoms with Crippen LogP contribution in [0.1, 0.15) is 0 Å². The number of fused-ring (bicyclic) bond motifs is 10. The first-order valence-corrected chi connectivity index (χ1v) is 24.2. The fourth-order valence-electron chi connectivity index (χ4n) is 9.99. The van der Waals surface area contributed by atoms with Gasteiger partial charge in [-0.3, -0.25) is 0 Å². The summed E-state index contributed by atoms with van der Waals surface area (Å²) >= 11 is 3.74. The third-order valence-corrected chi connectivity index (χ3v) is 15.7. The van der Waals surface area contributed by atoms with E-state index in [1.54, 1.807) is 0 Å². The van der Waals surface area contributed by atoms with Crippen LogP contribution in [0.3, 0.4) is 0 Å². The standard InChI is InChI=1S/C62H36N2OS2/c1-3-25-57-49(19-1)51-23-9-21-47(60(51)66-57)45-17-7-15-41(33-45)37-11-5-13-39(31-37)43-28-30-56-53(35-43)59-62(65-56)64-54-29-27-44(36-55(54)63-59)40-14-6-12-38(32-40)42-16-8-18-46(34-42)48-22-10-24-52-50-20-2-4-26-58(50)67-61(48)52/h1-36H. The molecule has 4 aromatic heterocycles. The zero-order chi connectivity index (χ0) is 44.0. The van der Waals surface area contributed by atoms with Crippen LogP contribution in [-0.2, 0) is 0 Å². The van der Waals surface area contributed by atoms with Crippen LogP contribution in [0.4, 0.5) is 0 Å². The van der Waals surface area contributed by atoms with Crippen LogP contribution in [0.5, 0.6) is 0 Å². The zero-order valence-electron chi connectivity index (χ0n) is 35.9. The van der Waals surface area contributed by atoms with Crippen LogP contribution < -0.4 is 0 Å². The maximum Gasteiger partial charge on any atom is 0.246 e. The van der Waals surface area contributed by atoms with Crippen molar-refractivity contribution in [2.45, 2.75) is 0 Å². The van der Waals surface area contributed by atoms with Crippen molar-refractivity contribution in [3.63, 3.8) is 0 Å². The average Bonchev–Trinajstić information content (AvgIpc) is 4.09. The highest BCUT2D eigenvalue weighted by atomic mass is 32.1. The van der Waals surface area contributed by atoms with Gasteiger partial charge in [0.05, 0.1) is 11.0 Å². The molecule has 0 fully saturated rings. The Morgan fingerprint density at radius 3 is 1.28 bits per heavy atom. The van der Waals surface area contributed by atoms with Gasteiger partial charge in [0.25, 0.3) is 0 Å². The van der Waals surface area contributed by atoms with Crippen LogP contribution in [0.15, 0.2) is 223 Å². The lowest BCUT2D eigenvalue weighted by Crippen LogP contribution is -1.87. The highest BCUT2D eigenvalue weighted by Gasteiger charge is 2.16. The molecule has 0 bridgehead atoms. The summed E-state index contributed by atoms with van der Waals surface area (Å²) in [6, 6.07) is 78.9. The number of nitrogens with zero attached hydrogens (tertiary/aromatic N) is 2. The summed E-state index contributed by atoms with van der Waals surface area (Å²) in [6.07, 6.45) is 0. The molecule has 0 spiro atoms. The SMILES string of the molecule is c1cc(-c2cccc(-c3cccc4c3sc3ccccc34)c2)cc(-c2ccc3nc4oc5ccc(-c6cccc(-c7cccc(-c8cccc9c8sc8ccccc89)c7)c6)cc5c4nc3c2)c1. The van der Waals surface area contributed by atoms with Gasteiger partial charge in [0.15, 0.2) is 0 Å². The minimum absolute atomic E-state index is 0.542. The molecule has 0 aliphatic heterocycles. The van der Waals surface area contributed by atoms with Gasteiger partial charge in [-0.25, -0.2) is 9.97 Å². The van der Waals surface area contributed by atoms with Gasteiger partial charge < -0.3 is 4.42 Å². The summed E-state index contributed by atoms with van der Waals surface area (Å²) in [5, 5.41) is 6.20. The molecule has 0 aliphatic carbocycles. The monoisotopic (exact) mass is 888 g/mol. The van der Waals surface area contributed by atoms with Gasteiger partial charge >= 0.3 is 0 Å².